The van der Waals surface area contributed by atoms with Crippen molar-refractivity contribution in [3.8, 4) is 0 Å². The van der Waals surface area contributed by atoms with E-state index in [-0.39, 0.29) is 18.2 Å². The van der Waals surface area contributed by atoms with Crippen LogP contribution in [0.2, 0.25) is 0 Å². The number of aryl methyl sites for hydroxylation is 1. The van der Waals surface area contributed by atoms with E-state index in [0.717, 1.165) is 18.4 Å². The van der Waals surface area contributed by atoms with Crippen LogP contribution in [-0.4, -0.2) is 50.7 Å². The van der Waals surface area contributed by atoms with Gasteiger partial charge in [-0.05, 0) is 12.8 Å². The summed E-state index contributed by atoms with van der Waals surface area (Å²) in [5.41, 5.74) is 0.777. The van der Waals surface area contributed by atoms with Crippen LogP contribution >= 0.6 is 0 Å². The first-order chi connectivity index (χ1) is 11.8. The minimum atomic E-state index is -1.03. The van der Waals surface area contributed by atoms with Gasteiger partial charge in [0.2, 0.25) is 11.8 Å². The highest BCUT2D eigenvalue weighted by molar-refractivity contribution is 5.88. The van der Waals surface area contributed by atoms with E-state index in [1.54, 1.807) is 36.1 Å². The summed E-state index contributed by atoms with van der Waals surface area (Å²) in [6.45, 7) is 1.97. The molecule has 8 nitrogen and oxygen atoms in total. The molecule has 25 heavy (non-hydrogen) atoms. The predicted molar refractivity (Wildman–Crippen MR) is 90.5 cm³/mol. The van der Waals surface area contributed by atoms with E-state index in [9.17, 15) is 19.5 Å². The molecule has 2 heterocycles. The second-order valence-corrected chi connectivity index (χ2v) is 6.58. The molecule has 0 radical (unpaired) electrons. The highest BCUT2D eigenvalue weighted by atomic mass is 16.4. The number of piperidine rings is 1. The quantitative estimate of drug-likeness (QED) is 0.766. The second-order valence-electron chi connectivity index (χ2n) is 6.58. The lowest BCUT2D eigenvalue weighted by Crippen LogP contribution is -2.50. The van der Waals surface area contributed by atoms with Gasteiger partial charge in [-0.3, -0.25) is 14.3 Å². The van der Waals surface area contributed by atoms with Gasteiger partial charge in [0.1, 0.15) is 6.04 Å². The summed E-state index contributed by atoms with van der Waals surface area (Å²) < 4.78 is 1.62. The number of carboxylic acid groups (broad SMARTS) is 1. The zero-order chi connectivity index (χ0) is 18.6. The molecule has 0 aromatic carbocycles. The normalized spacial score (nSPS) is 21.9. The fourth-order valence-electron chi connectivity index (χ4n) is 3.31. The van der Waals surface area contributed by atoms with Crippen molar-refractivity contribution in [2.24, 2.45) is 13.0 Å². The average molecular weight is 350 g/mol. The van der Waals surface area contributed by atoms with Crippen molar-refractivity contribution in [1.82, 2.24) is 20.0 Å². The molecule has 0 aliphatic carbocycles. The maximum Gasteiger partial charge on any atom is 0.326 e. The third kappa shape index (κ3) is 4.37. The summed E-state index contributed by atoms with van der Waals surface area (Å²) in [5.74, 6) is -1.87. The summed E-state index contributed by atoms with van der Waals surface area (Å²) in [6.07, 6.45) is 6.09. The van der Waals surface area contributed by atoms with Crippen LogP contribution in [0.15, 0.2) is 12.4 Å². The van der Waals surface area contributed by atoms with Gasteiger partial charge in [-0.25, -0.2) is 4.79 Å². The first-order valence-corrected chi connectivity index (χ1v) is 8.62. The summed E-state index contributed by atoms with van der Waals surface area (Å²) in [5, 5.41) is 16.1. The molecule has 1 aromatic rings. The molecule has 2 unspecified atom stereocenters. The zero-order valence-corrected chi connectivity index (χ0v) is 14.9. The number of nitrogens with one attached hydrogen (secondary N) is 1. The third-order valence-electron chi connectivity index (χ3n) is 4.73. The van der Waals surface area contributed by atoms with Gasteiger partial charge < -0.3 is 15.3 Å². The summed E-state index contributed by atoms with van der Waals surface area (Å²) >= 11 is 0. The van der Waals surface area contributed by atoms with E-state index in [1.165, 1.54) is 0 Å². The lowest BCUT2D eigenvalue weighted by atomic mass is 9.85. The number of carboxylic acids is 1. The fraction of sp³-hybridized carbons (Fsp3) is 0.647. The molecule has 0 spiro atoms. The molecule has 1 fully saturated rings. The van der Waals surface area contributed by atoms with Crippen LogP contribution < -0.4 is 5.32 Å². The van der Waals surface area contributed by atoms with Gasteiger partial charge >= 0.3 is 5.97 Å². The first-order valence-electron chi connectivity index (χ1n) is 8.62. The van der Waals surface area contributed by atoms with E-state index >= 15 is 0 Å². The van der Waals surface area contributed by atoms with Crippen LogP contribution in [0.1, 0.15) is 50.6 Å². The number of nitrogens with zero attached hydrogens (tertiary/aromatic N) is 3. The largest absolute Gasteiger partial charge is 0.480 e. The van der Waals surface area contributed by atoms with Crippen molar-refractivity contribution >= 4 is 17.8 Å². The van der Waals surface area contributed by atoms with E-state index in [2.05, 4.69) is 10.4 Å². The Hall–Kier alpha value is -2.38. The summed E-state index contributed by atoms with van der Waals surface area (Å²) in [6, 6.07) is -1.33. The van der Waals surface area contributed by atoms with Gasteiger partial charge in [-0.15, -0.1) is 0 Å². The highest BCUT2D eigenvalue weighted by Crippen LogP contribution is 2.35. The van der Waals surface area contributed by atoms with E-state index in [1.807, 2.05) is 6.92 Å². The number of carbonyl (C=O) groups is 3. The molecule has 1 aromatic heterocycles. The number of amides is 2. The van der Waals surface area contributed by atoms with Crippen LogP contribution in [0.25, 0.3) is 0 Å². The Morgan fingerprint density at radius 1 is 1.44 bits per heavy atom. The molecule has 2 amide bonds. The maximum absolute atomic E-state index is 12.8. The molecule has 138 valence electrons. The molecule has 2 N–H and O–H groups in total. The number of carbonyl (C=O) groups excluding carboxylic acids is 2. The number of unbranched alkanes of at least 4 members (excludes halogenated alkanes) is 1. The van der Waals surface area contributed by atoms with Crippen molar-refractivity contribution in [1.29, 1.82) is 0 Å². The van der Waals surface area contributed by atoms with Crippen LogP contribution in [-0.2, 0) is 21.4 Å². The Morgan fingerprint density at radius 3 is 2.72 bits per heavy atom. The monoisotopic (exact) mass is 350 g/mol. The Labute approximate surface area is 147 Å². The first kappa shape index (κ1) is 19.0. The Balaban J connectivity index is 2.19. The van der Waals surface area contributed by atoms with Gasteiger partial charge in [-0.1, -0.05) is 19.8 Å². The second kappa shape index (κ2) is 8.13. The zero-order valence-electron chi connectivity index (χ0n) is 14.9. The fourth-order valence-corrected chi connectivity index (χ4v) is 3.31. The number of rotatable bonds is 7. The molecule has 0 bridgehead atoms. The number of hydrogen-bond acceptors (Lipinski definition) is 4. The lowest BCUT2D eigenvalue weighted by molar-refractivity contribution is -0.146. The number of likely N-dealkylation sites (tertiary alicyclic amines) is 1. The number of aromatic nitrogens is 2. The molecule has 2 rings (SSSR count). The molecule has 1 saturated heterocycles. The van der Waals surface area contributed by atoms with Gasteiger partial charge in [0.05, 0.1) is 18.2 Å². The van der Waals surface area contributed by atoms with E-state index in [0.29, 0.717) is 12.8 Å². The van der Waals surface area contributed by atoms with Gasteiger partial charge in [-0.2, -0.15) is 5.10 Å². The molecule has 1 aliphatic rings. The van der Waals surface area contributed by atoms with E-state index in [4.69, 9.17) is 0 Å². The van der Waals surface area contributed by atoms with Crippen molar-refractivity contribution in [3.05, 3.63) is 18.0 Å². The minimum absolute atomic E-state index is 0.0290. The number of hydrogen-bond donors (Lipinski definition) is 2. The predicted octanol–water partition coefficient (Wildman–Crippen LogP) is 1.09. The molecular weight excluding hydrogens is 324 g/mol. The summed E-state index contributed by atoms with van der Waals surface area (Å²) in [7, 11) is 3.44. The van der Waals surface area contributed by atoms with E-state index < -0.39 is 24.0 Å². The Bertz CT molecular complexity index is 642. The SMILES string of the molecule is CCCC[C@H](NC(=O)C1CCC(=O)N(C)C1c1cnn(C)c1)C(=O)O. The Kier molecular flexibility index (Phi) is 6.17. The van der Waals surface area contributed by atoms with Crippen molar-refractivity contribution in [3.63, 3.8) is 0 Å². The van der Waals surface area contributed by atoms with Crippen molar-refractivity contribution in [2.45, 2.75) is 51.1 Å². The molecule has 3 atom stereocenters. The van der Waals surface area contributed by atoms with Crippen LogP contribution in [0.4, 0.5) is 0 Å². The van der Waals surface area contributed by atoms with Crippen LogP contribution in [0.5, 0.6) is 0 Å². The molecular formula is C17H26N4O4. The van der Waals surface area contributed by atoms with Crippen LogP contribution in [0.3, 0.4) is 0 Å². The van der Waals surface area contributed by atoms with Crippen molar-refractivity contribution < 1.29 is 19.5 Å². The molecule has 8 heteroatoms. The van der Waals surface area contributed by atoms with Crippen molar-refractivity contribution in [2.75, 3.05) is 7.05 Å². The minimum Gasteiger partial charge on any atom is -0.480 e. The smallest absolute Gasteiger partial charge is 0.326 e. The van der Waals surface area contributed by atoms with Gasteiger partial charge in [0.15, 0.2) is 0 Å². The third-order valence-corrected chi connectivity index (χ3v) is 4.73. The average Bonchev–Trinajstić information content (AvgIpc) is 2.99. The highest BCUT2D eigenvalue weighted by Gasteiger charge is 2.40. The molecule has 0 saturated carbocycles. The maximum atomic E-state index is 12.8. The Morgan fingerprint density at radius 2 is 2.16 bits per heavy atom. The summed E-state index contributed by atoms with van der Waals surface area (Å²) in [4.78, 5) is 37.8. The van der Waals surface area contributed by atoms with Gasteiger partial charge in [0, 0.05) is 32.3 Å². The van der Waals surface area contributed by atoms with Crippen LogP contribution in [0, 0.1) is 5.92 Å². The van der Waals surface area contributed by atoms with Gasteiger partial charge in [0.25, 0.3) is 0 Å². The lowest BCUT2D eigenvalue weighted by Gasteiger charge is -2.38. The standard InChI is InChI=1S/C17H26N4O4/c1-4-5-6-13(17(24)25)19-16(23)12-7-8-14(22)21(3)15(12)11-9-18-20(2)10-11/h9-10,12-13,15H,4-8H2,1-3H3,(H,19,23)(H,24,25)/t12?,13-,15?/m0/s1. The topological polar surface area (TPSA) is 105 Å². The molecule has 1 aliphatic heterocycles. The number of aliphatic carboxylic acids is 1.